The van der Waals surface area contributed by atoms with Crippen LogP contribution in [0.5, 0.6) is 0 Å². The fourth-order valence-corrected chi connectivity index (χ4v) is 2.03. The molecule has 0 spiro atoms. The molecule has 1 aliphatic rings. The quantitative estimate of drug-likeness (QED) is 0.735. The van der Waals surface area contributed by atoms with Crippen LogP contribution < -0.4 is 0 Å². The van der Waals surface area contributed by atoms with Crippen molar-refractivity contribution in [1.29, 1.82) is 0 Å². The van der Waals surface area contributed by atoms with Crippen molar-refractivity contribution in [1.82, 2.24) is 9.80 Å². The summed E-state index contributed by atoms with van der Waals surface area (Å²) in [5.74, 6) is 0.774. The Bertz CT molecular complexity index is 155. The van der Waals surface area contributed by atoms with Crippen LogP contribution in [0.3, 0.4) is 0 Å². The Morgan fingerprint density at radius 3 is 1.89 bits per heavy atom. The minimum absolute atomic E-state index is 0.748. The maximum absolute atomic E-state index is 2.51. The molecule has 0 saturated carbocycles. The van der Waals surface area contributed by atoms with Crippen LogP contribution in [0, 0.1) is 5.92 Å². The molecule has 0 radical (unpaired) electrons. The van der Waals surface area contributed by atoms with Gasteiger partial charge >= 0.3 is 0 Å². The Morgan fingerprint density at radius 1 is 1.00 bits per heavy atom. The molecule has 1 rings (SSSR count). The molecule has 2 nitrogen and oxygen atoms in total. The highest BCUT2D eigenvalue weighted by Gasteiger charge is 2.22. The van der Waals surface area contributed by atoms with Crippen molar-refractivity contribution in [2.24, 2.45) is 5.92 Å². The summed E-state index contributed by atoms with van der Waals surface area (Å²) in [7, 11) is 4.48. The van der Waals surface area contributed by atoms with Gasteiger partial charge in [0, 0.05) is 12.6 Å². The molecule has 1 aliphatic heterocycles. The third-order valence-electron chi connectivity index (χ3n) is 3.39. The van der Waals surface area contributed by atoms with Gasteiger partial charge in [-0.25, -0.2) is 0 Å². The maximum Gasteiger partial charge on any atom is 0.0242 e. The van der Waals surface area contributed by atoms with Gasteiger partial charge in [0.1, 0.15) is 0 Å². The van der Waals surface area contributed by atoms with E-state index in [9.17, 15) is 0 Å². The summed E-state index contributed by atoms with van der Waals surface area (Å²) in [6, 6.07) is 0.748. The predicted octanol–water partition coefficient (Wildman–Crippen LogP) is 4.11. The van der Waals surface area contributed by atoms with Crippen LogP contribution in [0.25, 0.3) is 0 Å². The van der Waals surface area contributed by atoms with Crippen LogP contribution in [0.15, 0.2) is 0 Å². The summed E-state index contributed by atoms with van der Waals surface area (Å²) in [5, 5.41) is 0. The van der Waals surface area contributed by atoms with E-state index in [2.05, 4.69) is 51.6 Å². The lowest BCUT2D eigenvalue weighted by atomic mass is 10.0. The third-order valence-corrected chi connectivity index (χ3v) is 3.39. The average molecular weight is 258 g/mol. The zero-order valence-corrected chi connectivity index (χ0v) is 14.3. The second-order valence-corrected chi connectivity index (χ2v) is 5.41. The largest absolute Gasteiger partial charge is 0.305 e. The molecular formula is C16H38N2. The fourth-order valence-electron chi connectivity index (χ4n) is 2.03. The van der Waals surface area contributed by atoms with Crippen LogP contribution in [0.2, 0.25) is 0 Å². The van der Waals surface area contributed by atoms with Gasteiger partial charge < -0.3 is 9.80 Å². The zero-order chi connectivity index (χ0) is 14.6. The highest BCUT2D eigenvalue weighted by atomic mass is 15.2. The zero-order valence-electron chi connectivity index (χ0n) is 14.3. The standard InChI is InChI=1S/C10H22N2.C4H10.C2H6/c1-9(2)10-8-11(3)6-5-7-12(10)4;1-3-4-2;1-2/h9-10H,5-8H2,1-4H3;3-4H2,1-2H3;1-2H3/t10-;;/m1../s1. The van der Waals surface area contributed by atoms with Crippen molar-refractivity contribution in [3.63, 3.8) is 0 Å². The Morgan fingerprint density at radius 2 is 1.50 bits per heavy atom. The summed E-state index contributed by atoms with van der Waals surface area (Å²) < 4.78 is 0. The van der Waals surface area contributed by atoms with E-state index in [0.717, 1.165) is 12.0 Å². The molecule has 1 atom stereocenters. The fraction of sp³-hybridized carbons (Fsp3) is 1.00. The van der Waals surface area contributed by atoms with Crippen molar-refractivity contribution in [3.8, 4) is 0 Å². The van der Waals surface area contributed by atoms with Gasteiger partial charge in [0.15, 0.2) is 0 Å². The number of likely N-dealkylation sites (N-methyl/N-ethyl adjacent to an activating group) is 2. The summed E-state index contributed by atoms with van der Waals surface area (Å²) >= 11 is 0. The highest BCUT2D eigenvalue weighted by Crippen LogP contribution is 2.13. The number of unbranched alkanes of at least 4 members (excludes halogenated alkanes) is 1. The van der Waals surface area contributed by atoms with E-state index in [1.165, 1.54) is 38.9 Å². The van der Waals surface area contributed by atoms with Crippen LogP contribution in [0.4, 0.5) is 0 Å². The monoisotopic (exact) mass is 258 g/mol. The molecule has 18 heavy (non-hydrogen) atoms. The first-order chi connectivity index (χ1) is 8.52. The minimum Gasteiger partial charge on any atom is -0.305 e. The first-order valence-corrected chi connectivity index (χ1v) is 7.91. The maximum atomic E-state index is 2.51. The molecule has 1 saturated heterocycles. The molecule has 0 bridgehead atoms. The topological polar surface area (TPSA) is 6.48 Å². The first kappa shape index (κ1) is 20.2. The van der Waals surface area contributed by atoms with Crippen LogP contribution in [-0.4, -0.2) is 49.6 Å². The van der Waals surface area contributed by atoms with E-state index in [1.807, 2.05) is 13.8 Å². The molecule has 1 heterocycles. The molecule has 2 heteroatoms. The second-order valence-electron chi connectivity index (χ2n) is 5.41. The number of rotatable bonds is 2. The molecule has 0 aromatic carbocycles. The summed E-state index contributed by atoms with van der Waals surface area (Å²) in [6.45, 7) is 16.7. The van der Waals surface area contributed by atoms with E-state index in [0.29, 0.717) is 0 Å². The molecule has 0 aromatic rings. The van der Waals surface area contributed by atoms with Crippen molar-refractivity contribution >= 4 is 0 Å². The SMILES string of the molecule is CC.CC(C)[C@H]1CN(C)CCCN1C.CCCC. The summed E-state index contributed by atoms with van der Waals surface area (Å²) in [4.78, 5) is 4.96. The van der Waals surface area contributed by atoms with Gasteiger partial charge in [0.25, 0.3) is 0 Å². The van der Waals surface area contributed by atoms with Crippen molar-refractivity contribution in [3.05, 3.63) is 0 Å². The predicted molar refractivity (Wildman–Crippen MR) is 85.3 cm³/mol. The average Bonchev–Trinajstić information content (AvgIpc) is 2.54. The smallest absolute Gasteiger partial charge is 0.0242 e. The molecule has 0 N–H and O–H groups in total. The highest BCUT2D eigenvalue weighted by molar-refractivity contribution is 4.78. The lowest BCUT2D eigenvalue weighted by molar-refractivity contribution is 0.178. The Kier molecular flexibility index (Phi) is 15.0. The van der Waals surface area contributed by atoms with Crippen molar-refractivity contribution < 1.29 is 0 Å². The number of hydrogen-bond acceptors (Lipinski definition) is 2. The first-order valence-electron chi connectivity index (χ1n) is 7.91. The molecule has 0 aromatic heterocycles. The Labute approximate surface area is 117 Å². The summed E-state index contributed by atoms with van der Waals surface area (Å²) in [6.07, 6.45) is 3.95. The van der Waals surface area contributed by atoms with E-state index < -0.39 is 0 Å². The number of nitrogens with zero attached hydrogens (tertiary/aromatic N) is 2. The minimum atomic E-state index is 0.748. The molecule has 0 aliphatic carbocycles. The molecule has 1 fully saturated rings. The van der Waals surface area contributed by atoms with Gasteiger partial charge in [-0.1, -0.05) is 54.4 Å². The van der Waals surface area contributed by atoms with Gasteiger partial charge in [-0.15, -0.1) is 0 Å². The van der Waals surface area contributed by atoms with E-state index in [4.69, 9.17) is 0 Å². The van der Waals surface area contributed by atoms with Crippen LogP contribution in [-0.2, 0) is 0 Å². The lowest BCUT2D eigenvalue weighted by Crippen LogP contribution is -2.41. The third kappa shape index (κ3) is 9.90. The van der Waals surface area contributed by atoms with Gasteiger partial charge in [-0.3, -0.25) is 0 Å². The normalized spacial score (nSPS) is 21.5. The molecule has 0 unspecified atom stereocenters. The van der Waals surface area contributed by atoms with Gasteiger partial charge in [-0.2, -0.15) is 0 Å². The van der Waals surface area contributed by atoms with Crippen molar-refractivity contribution in [2.75, 3.05) is 33.7 Å². The Balaban J connectivity index is 0. The van der Waals surface area contributed by atoms with Gasteiger partial charge in [0.2, 0.25) is 0 Å². The molecule has 0 amide bonds. The number of hydrogen-bond donors (Lipinski definition) is 0. The lowest BCUT2D eigenvalue weighted by Gasteiger charge is -2.30. The second kappa shape index (κ2) is 13.4. The molecule has 112 valence electrons. The van der Waals surface area contributed by atoms with Gasteiger partial charge in [-0.05, 0) is 39.5 Å². The van der Waals surface area contributed by atoms with Gasteiger partial charge in [0.05, 0.1) is 0 Å². The summed E-state index contributed by atoms with van der Waals surface area (Å²) in [5.41, 5.74) is 0. The van der Waals surface area contributed by atoms with Crippen LogP contribution in [0.1, 0.15) is 60.8 Å². The van der Waals surface area contributed by atoms with E-state index in [1.54, 1.807) is 0 Å². The molecular weight excluding hydrogens is 220 g/mol. The van der Waals surface area contributed by atoms with E-state index >= 15 is 0 Å². The van der Waals surface area contributed by atoms with E-state index in [-0.39, 0.29) is 0 Å². The van der Waals surface area contributed by atoms with Crippen molar-refractivity contribution in [2.45, 2.75) is 66.8 Å². The van der Waals surface area contributed by atoms with Crippen LogP contribution >= 0.6 is 0 Å². The Hall–Kier alpha value is -0.0800.